The zero-order chi connectivity index (χ0) is 20.6. The van der Waals surface area contributed by atoms with E-state index in [4.69, 9.17) is 0 Å². The molecule has 1 amide bonds. The minimum absolute atomic E-state index is 0.165. The van der Waals surface area contributed by atoms with Gasteiger partial charge in [-0.15, -0.1) is 0 Å². The van der Waals surface area contributed by atoms with Crippen LogP contribution in [0, 0.1) is 6.92 Å². The molecule has 0 radical (unpaired) electrons. The highest BCUT2D eigenvalue weighted by Crippen LogP contribution is 2.30. The number of anilines is 1. The molecule has 0 aliphatic carbocycles. The van der Waals surface area contributed by atoms with Crippen LogP contribution in [0.5, 0.6) is 0 Å². The van der Waals surface area contributed by atoms with Crippen LogP contribution >= 0.6 is 0 Å². The molecule has 0 unspecified atom stereocenters. The van der Waals surface area contributed by atoms with Gasteiger partial charge in [0, 0.05) is 23.5 Å². The number of pyridine rings is 2. The van der Waals surface area contributed by atoms with Crippen LogP contribution in [0.2, 0.25) is 0 Å². The Morgan fingerprint density at radius 2 is 1.90 bits per heavy atom. The van der Waals surface area contributed by atoms with Crippen LogP contribution in [0.1, 0.15) is 21.5 Å². The lowest BCUT2D eigenvalue weighted by molar-refractivity contribution is -0.137. The summed E-state index contributed by atoms with van der Waals surface area (Å²) in [5.74, 6) is -0.714. The van der Waals surface area contributed by atoms with Crippen molar-refractivity contribution in [3.05, 3.63) is 83.8 Å². The van der Waals surface area contributed by atoms with Gasteiger partial charge in [-0.3, -0.25) is 9.20 Å². The molecular formula is C21H15F3N4O. The van der Waals surface area contributed by atoms with Crippen LogP contribution in [-0.2, 0) is 6.18 Å². The zero-order valence-electron chi connectivity index (χ0n) is 15.2. The Kier molecular flexibility index (Phi) is 4.54. The maximum atomic E-state index is 12.9. The van der Waals surface area contributed by atoms with Crippen molar-refractivity contribution in [1.82, 2.24) is 14.4 Å². The first-order valence-electron chi connectivity index (χ1n) is 8.70. The Balaban J connectivity index is 1.66. The Morgan fingerprint density at radius 1 is 1.07 bits per heavy atom. The number of fused-ring (bicyclic) bond motifs is 1. The number of benzene rings is 1. The summed E-state index contributed by atoms with van der Waals surface area (Å²) in [5, 5.41) is 2.43. The molecule has 0 bridgehead atoms. The fraction of sp³-hybridized carbons (Fsp3) is 0.0952. The fourth-order valence-electron chi connectivity index (χ4n) is 3.03. The van der Waals surface area contributed by atoms with E-state index in [1.54, 1.807) is 24.4 Å². The van der Waals surface area contributed by atoms with Crippen molar-refractivity contribution in [2.45, 2.75) is 13.1 Å². The Hall–Kier alpha value is -3.68. The van der Waals surface area contributed by atoms with Crippen molar-refractivity contribution in [3.63, 3.8) is 0 Å². The van der Waals surface area contributed by atoms with E-state index in [1.165, 1.54) is 0 Å². The molecule has 0 atom stereocenters. The van der Waals surface area contributed by atoms with E-state index in [-0.39, 0.29) is 5.82 Å². The third-order valence-electron chi connectivity index (χ3n) is 4.52. The Morgan fingerprint density at radius 3 is 2.69 bits per heavy atom. The predicted octanol–water partition coefficient (Wildman–Crippen LogP) is 4.98. The van der Waals surface area contributed by atoms with Crippen molar-refractivity contribution < 1.29 is 18.0 Å². The summed E-state index contributed by atoms with van der Waals surface area (Å²) in [7, 11) is 0. The van der Waals surface area contributed by atoms with Crippen LogP contribution in [0.15, 0.2) is 67.1 Å². The maximum Gasteiger partial charge on any atom is 0.416 e. The number of alkyl halides is 3. The van der Waals surface area contributed by atoms with Gasteiger partial charge >= 0.3 is 6.18 Å². The number of carbonyl (C=O) groups excluding carboxylic acids is 1. The van der Waals surface area contributed by atoms with Crippen molar-refractivity contribution in [3.8, 4) is 11.3 Å². The number of rotatable bonds is 3. The van der Waals surface area contributed by atoms with E-state index < -0.39 is 17.6 Å². The number of nitrogens with one attached hydrogen (secondary N) is 1. The highest BCUT2D eigenvalue weighted by atomic mass is 19.4. The molecule has 0 saturated carbocycles. The lowest BCUT2D eigenvalue weighted by Crippen LogP contribution is -2.14. The van der Waals surface area contributed by atoms with Gasteiger partial charge in [-0.25, -0.2) is 9.97 Å². The number of aryl methyl sites for hydroxylation is 1. The van der Waals surface area contributed by atoms with Gasteiger partial charge in [0.15, 0.2) is 0 Å². The molecule has 1 aromatic carbocycles. The van der Waals surface area contributed by atoms with E-state index in [2.05, 4.69) is 15.3 Å². The molecule has 3 aromatic heterocycles. The normalized spacial score (nSPS) is 11.6. The highest BCUT2D eigenvalue weighted by molar-refractivity contribution is 6.04. The van der Waals surface area contributed by atoms with Crippen molar-refractivity contribution in [1.29, 1.82) is 0 Å². The summed E-state index contributed by atoms with van der Waals surface area (Å²) in [5.41, 5.74) is 2.74. The highest BCUT2D eigenvalue weighted by Gasteiger charge is 2.30. The number of aromatic nitrogens is 3. The molecule has 0 spiro atoms. The van der Waals surface area contributed by atoms with Gasteiger partial charge in [-0.2, -0.15) is 13.2 Å². The van der Waals surface area contributed by atoms with E-state index in [9.17, 15) is 18.0 Å². The molecule has 8 heteroatoms. The number of carbonyl (C=O) groups is 1. The number of amides is 1. The second kappa shape index (κ2) is 7.05. The van der Waals surface area contributed by atoms with Crippen LogP contribution in [0.25, 0.3) is 16.9 Å². The van der Waals surface area contributed by atoms with Gasteiger partial charge in [-0.05, 0) is 48.9 Å². The van der Waals surface area contributed by atoms with Crippen LogP contribution in [0.4, 0.5) is 19.0 Å². The van der Waals surface area contributed by atoms with Crippen molar-refractivity contribution in [2.24, 2.45) is 0 Å². The summed E-state index contributed by atoms with van der Waals surface area (Å²) in [6.45, 7) is 1.91. The van der Waals surface area contributed by atoms with E-state index >= 15 is 0 Å². The molecule has 0 fully saturated rings. The molecule has 4 aromatic rings. The van der Waals surface area contributed by atoms with Gasteiger partial charge in [0.2, 0.25) is 0 Å². The second-order valence-electron chi connectivity index (χ2n) is 6.48. The predicted molar refractivity (Wildman–Crippen MR) is 103 cm³/mol. The summed E-state index contributed by atoms with van der Waals surface area (Å²) in [4.78, 5) is 20.8. The quantitative estimate of drug-likeness (QED) is 0.532. The summed E-state index contributed by atoms with van der Waals surface area (Å²) < 4.78 is 40.5. The molecule has 1 N–H and O–H groups in total. The average molecular weight is 396 g/mol. The zero-order valence-corrected chi connectivity index (χ0v) is 15.2. The third kappa shape index (κ3) is 3.69. The minimum Gasteiger partial charge on any atom is -0.307 e. The molecule has 5 nitrogen and oxygen atoms in total. The first kappa shape index (κ1) is 18.7. The van der Waals surface area contributed by atoms with E-state index in [0.29, 0.717) is 5.56 Å². The SMILES string of the molecule is Cc1ccc(C(=O)Nc2cc(C(F)(F)F)ccn2)cc1-c1cnc2ccccn12. The van der Waals surface area contributed by atoms with Gasteiger partial charge in [0.25, 0.3) is 5.91 Å². The van der Waals surface area contributed by atoms with Gasteiger partial charge in [0.1, 0.15) is 11.5 Å². The van der Waals surface area contributed by atoms with Crippen LogP contribution in [0.3, 0.4) is 0 Å². The summed E-state index contributed by atoms with van der Waals surface area (Å²) in [6, 6.07) is 12.4. The summed E-state index contributed by atoms with van der Waals surface area (Å²) >= 11 is 0. The molecule has 0 saturated heterocycles. The van der Waals surface area contributed by atoms with Crippen molar-refractivity contribution >= 4 is 17.4 Å². The Labute approximate surface area is 163 Å². The first-order valence-corrected chi connectivity index (χ1v) is 8.70. The maximum absolute atomic E-state index is 12.9. The number of imidazole rings is 1. The minimum atomic E-state index is -4.51. The van der Waals surface area contributed by atoms with Crippen LogP contribution < -0.4 is 5.32 Å². The van der Waals surface area contributed by atoms with Crippen molar-refractivity contribution in [2.75, 3.05) is 5.32 Å². The molecule has 146 valence electrons. The molecule has 3 heterocycles. The third-order valence-corrected chi connectivity index (χ3v) is 4.52. The lowest BCUT2D eigenvalue weighted by Gasteiger charge is -2.11. The molecule has 4 rings (SSSR count). The number of hydrogen-bond acceptors (Lipinski definition) is 3. The second-order valence-corrected chi connectivity index (χ2v) is 6.48. The number of nitrogens with zero attached hydrogens (tertiary/aromatic N) is 3. The molecule has 0 aliphatic heterocycles. The fourth-order valence-corrected chi connectivity index (χ4v) is 3.03. The lowest BCUT2D eigenvalue weighted by atomic mass is 10.0. The van der Waals surface area contributed by atoms with E-state index in [1.807, 2.05) is 35.7 Å². The monoisotopic (exact) mass is 396 g/mol. The average Bonchev–Trinajstić information content (AvgIpc) is 3.12. The number of halogens is 3. The molecule has 29 heavy (non-hydrogen) atoms. The standard InChI is InChI=1S/C21H15F3N4O/c1-13-5-6-14(10-16(13)17-12-26-19-4-2-3-9-28(17)19)20(29)27-18-11-15(7-8-25-18)21(22,23)24/h2-12H,1H3,(H,25,27,29). The smallest absolute Gasteiger partial charge is 0.307 e. The van der Waals surface area contributed by atoms with Gasteiger partial charge < -0.3 is 5.32 Å². The topological polar surface area (TPSA) is 59.3 Å². The van der Waals surface area contributed by atoms with Crippen LogP contribution in [-0.4, -0.2) is 20.3 Å². The number of hydrogen-bond donors (Lipinski definition) is 1. The summed E-state index contributed by atoms with van der Waals surface area (Å²) in [6.07, 6.45) is 0.0873. The first-order chi connectivity index (χ1) is 13.8. The van der Waals surface area contributed by atoms with Gasteiger partial charge in [0.05, 0.1) is 17.5 Å². The molecular weight excluding hydrogens is 381 g/mol. The van der Waals surface area contributed by atoms with Gasteiger partial charge in [-0.1, -0.05) is 12.1 Å². The molecule has 0 aliphatic rings. The Bertz CT molecular complexity index is 1210. The largest absolute Gasteiger partial charge is 0.416 e. The van der Waals surface area contributed by atoms with E-state index in [0.717, 1.165) is 40.8 Å².